The zero-order valence-corrected chi connectivity index (χ0v) is 18.2. The van der Waals surface area contributed by atoms with Crippen LogP contribution in [0.25, 0.3) is 16.9 Å². The molecule has 7 nitrogen and oxygen atoms in total. The number of nitrogens with two attached hydrogens (primary N) is 2. The van der Waals surface area contributed by atoms with Crippen LogP contribution in [-0.2, 0) is 10.3 Å². The van der Waals surface area contributed by atoms with Gasteiger partial charge in [-0.2, -0.15) is 5.10 Å². The zero-order valence-electron chi connectivity index (χ0n) is 18.2. The number of rotatable bonds is 5. The maximum atomic E-state index is 14.0. The predicted molar refractivity (Wildman–Crippen MR) is 124 cm³/mol. The highest BCUT2D eigenvalue weighted by atomic mass is 19.1. The Morgan fingerprint density at radius 1 is 1.00 bits per heavy atom. The topological polar surface area (TPSA) is 113 Å². The Morgan fingerprint density at radius 3 is 2.29 bits per heavy atom. The van der Waals surface area contributed by atoms with Crippen molar-refractivity contribution in [2.75, 3.05) is 7.11 Å². The molecule has 0 fully saturated rings. The minimum absolute atomic E-state index is 0.150. The highest BCUT2D eigenvalue weighted by Gasteiger charge is 2.54. The van der Waals surface area contributed by atoms with Crippen molar-refractivity contribution in [2.24, 2.45) is 11.5 Å². The van der Waals surface area contributed by atoms with Gasteiger partial charge in [0.25, 0.3) is 5.91 Å². The number of hydrogen-bond donors (Lipinski definition) is 2. The van der Waals surface area contributed by atoms with E-state index in [-0.39, 0.29) is 11.3 Å². The zero-order chi connectivity index (χ0) is 24.0. The molecule has 5 rings (SSSR count). The maximum absolute atomic E-state index is 14.0. The van der Waals surface area contributed by atoms with E-state index in [4.69, 9.17) is 16.2 Å². The lowest BCUT2D eigenvalue weighted by Crippen LogP contribution is -2.53. The van der Waals surface area contributed by atoms with Crippen LogP contribution in [0, 0.1) is 5.82 Å². The molecule has 1 aliphatic rings. The van der Waals surface area contributed by atoms with Gasteiger partial charge in [0.2, 0.25) is 0 Å². The molecular formula is C26H21FN4O3. The van der Waals surface area contributed by atoms with Gasteiger partial charge < -0.3 is 16.2 Å². The smallest absolute Gasteiger partial charge is 0.269 e. The molecule has 0 bridgehead atoms. The summed E-state index contributed by atoms with van der Waals surface area (Å²) in [7, 11) is 1.46. The fourth-order valence-electron chi connectivity index (χ4n) is 4.69. The van der Waals surface area contributed by atoms with Crippen molar-refractivity contribution in [1.82, 2.24) is 9.78 Å². The second kappa shape index (κ2) is 8.02. The molecule has 1 aliphatic carbocycles. The van der Waals surface area contributed by atoms with E-state index in [1.54, 1.807) is 30.3 Å². The first-order valence-electron chi connectivity index (χ1n) is 10.6. The molecule has 0 saturated heterocycles. The van der Waals surface area contributed by atoms with Gasteiger partial charge in [-0.1, -0.05) is 54.6 Å². The number of Topliss-reactive ketones (excluding diaryl/α,β-unsaturated/α-hetero) is 1. The molecule has 4 N–H and O–H groups in total. The van der Waals surface area contributed by atoms with Gasteiger partial charge >= 0.3 is 0 Å². The van der Waals surface area contributed by atoms with E-state index in [9.17, 15) is 14.0 Å². The second-order valence-electron chi connectivity index (χ2n) is 8.09. The lowest BCUT2D eigenvalue weighted by Gasteiger charge is -2.40. The highest BCUT2D eigenvalue weighted by Crippen LogP contribution is 2.51. The maximum Gasteiger partial charge on any atom is 0.269 e. The third-order valence-corrected chi connectivity index (χ3v) is 6.16. The van der Waals surface area contributed by atoms with Gasteiger partial charge in [-0.05, 0) is 29.8 Å². The van der Waals surface area contributed by atoms with E-state index in [0.29, 0.717) is 28.1 Å². The summed E-state index contributed by atoms with van der Waals surface area (Å²) in [4.78, 5) is 26.6. The van der Waals surface area contributed by atoms with Crippen LogP contribution in [0.15, 0.2) is 78.9 Å². The van der Waals surface area contributed by atoms with Gasteiger partial charge in [0, 0.05) is 23.8 Å². The minimum Gasteiger partial charge on any atom is -0.374 e. The average molecular weight is 456 g/mol. The Bertz CT molecular complexity index is 1420. The number of nitrogens with zero attached hydrogens (tertiary/aromatic N) is 2. The number of methoxy groups -OCH3 is 1. The number of amides is 1. The largest absolute Gasteiger partial charge is 0.374 e. The Balaban J connectivity index is 1.90. The lowest BCUT2D eigenvalue weighted by atomic mass is 9.69. The Labute approximate surface area is 194 Å². The van der Waals surface area contributed by atoms with Crippen molar-refractivity contribution in [1.29, 1.82) is 0 Å². The molecule has 3 aromatic carbocycles. The second-order valence-corrected chi connectivity index (χ2v) is 8.09. The third-order valence-electron chi connectivity index (χ3n) is 6.16. The van der Waals surface area contributed by atoms with Crippen LogP contribution >= 0.6 is 0 Å². The first kappa shape index (κ1) is 21.7. The van der Waals surface area contributed by atoms with E-state index in [2.05, 4.69) is 5.10 Å². The van der Waals surface area contributed by atoms with Crippen LogP contribution < -0.4 is 11.5 Å². The van der Waals surface area contributed by atoms with Crippen molar-refractivity contribution in [3.8, 4) is 16.9 Å². The van der Waals surface area contributed by atoms with Crippen molar-refractivity contribution < 1.29 is 18.7 Å². The van der Waals surface area contributed by atoms with Gasteiger partial charge in [-0.15, -0.1) is 0 Å². The highest BCUT2D eigenvalue weighted by molar-refractivity contribution is 6.09. The van der Waals surface area contributed by atoms with E-state index in [1.807, 2.05) is 24.3 Å². The number of primary amides is 1. The summed E-state index contributed by atoms with van der Waals surface area (Å²) in [6.07, 6.45) is -0.923. The minimum atomic E-state index is -1.82. The average Bonchev–Trinajstić information content (AvgIpc) is 3.27. The van der Waals surface area contributed by atoms with Gasteiger partial charge in [-0.25, -0.2) is 9.07 Å². The van der Waals surface area contributed by atoms with Crippen LogP contribution in [0.4, 0.5) is 4.39 Å². The number of carbonyl (C=O) groups excluding carboxylic acids is 2. The summed E-state index contributed by atoms with van der Waals surface area (Å²) in [5, 5.41) is 4.46. The number of ketones is 1. The summed E-state index contributed by atoms with van der Waals surface area (Å²) in [5.41, 5.74) is 13.5. The lowest BCUT2D eigenvalue weighted by molar-refractivity contribution is 0.0278. The number of hydrogen-bond acceptors (Lipinski definition) is 5. The monoisotopic (exact) mass is 456 g/mol. The number of halogens is 1. The van der Waals surface area contributed by atoms with Crippen LogP contribution in [0.2, 0.25) is 0 Å². The molecule has 2 atom stereocenters. The fourth-order valence-corrected chi connectivity index (χ4v) is 4.69. The summed E-state index contributed by atoms with van der Waals surface area (Å²) < 4.78 is 20.9. The van der Waals surface area contributed by atoms with Crippen LogP contribution in [0.1, 0.15) is 38.1 Å². The van der Waals surface area contributed by atoms with Crippen molar-refractivity contribution in [3.63, 3.8) is 0 Å². The Morgan fingerprint density at radius 2 is 1.65 bits per heavy atom. The predicted octanol–water partition coefficient (Wildman–Crippen LogP) is 3.52. The third kappa shape index (κ3) is 3.07. The van der Waals surface area contributed by atoms with Gasteiger partial charge in [0.15, 0.2) is 11.5 Å². The number of ether oxygens (including phenoxy) is 1. The summed E-state index contributed by atoms with van der Waals surface area (Å²) in [6.45, 7) is 0. The SMILES string of the molecule is COC1c2ccccc2-c2c(c(C(N)=O)nn2-c2ccc(F)cc2)C1(N)C(=O)c1ccccc1. The first-order chi connectivity index (χ1) is 16.4. The molecule has 0 spiro atoms. The molecule has 0 radical (unpaired) electrons. The fraction of sp³-hybridized carbons (Fsp3) is 0.115. The summed E-state index contributed by atoms with van der Waals surface area (Å²) in [6, 6.07) is 21.5. The Hall–Kier alpha value is -4.14. The van der Waals surface area contributed by atoms with Crippen LogP contribution in [0.3, 0.4) is 0 Å². The molecule has 34 heavy (non-hydrogen) atoms. The van der Waals surface area contributed by atoms with E-state index in [1.165, 1.54) is 36.1 Å². The molecular weight excluding hydrogens is 435 g/mol. The summed E-state index contributed by atoms with van der Waals surface area (Å²) in [5.74, 6) is -1.72. The number of carbonyl (C=O) groups is 2. The molecule has 1 heterocycles. The van der Waals surface area contributed by atoms with Gasteiger partial charge in [-0.3, -0.25) is 9.59 Å². The molecule has 170 valence electrons. The Kier molecular flexibility index (Phi) is 5.11. The molecule has 8 heteroatoms. The standard InChI is InChI=1S/C26H21FN4O3/c1-34-24-19-10-6-5-9-18(19)22-20(26(24,29)23(32)15-7-3-2-4-8-15)21(25(28)33)30-31(22)17-13-11-16(27)12-14-17/h2-14,24H,29H2,1H3,(H2,28,33). The molecule has 1 amide bonds. The molecule has 0 saturated carbocycles. The van der Waals surface area contributed by atoms with E-state index >= 15 is 0 Å². The van der Waals surface area contributed by atoms with E-state index in [0.717, 1.165) is 0 Å². The van der Waals surface area contributed by atoms with Crippen LogP contribution in [0.5, 0.6) is 0 Å². The molecule has 4 aromatic rings. The number of fused-ring (bicyclic) bond motifs is 3. The van der Waals surface area contributed by atoms with Crippen molar-refractivity contribution in [3.05, 3.63) is 107 Å². The molecule has 0 aliphatic heterocycles. The van der Waals surface area contributed by atoms with Crippen molar-refractivity contribution in [2.45, 2.75) is 11.6 Å². The van der Waals surface area contributed by atoms with E-state index < -0.39 is 29.2 Å². The molecule has 1 aromatic heterocycles. The number of aromatic nitrogens is 2. The summed E-state index contributed by atoms with van der Waals surface area (Å²) >= 11 is 0. The number of benzene rings is 3. The normalized spacial score (nSPS) is 18.7. The molecule has 2 unspecified atom stereocenters. The van der Waals surface area contributed by atoms with Crippen molar-refractivity contribution >= 4 is 11.7 Å². The van der Waals surface area contributed by atoms with Crippen LogP contribution in [-0.4, -0.2) is 28.6 Å². The van der Waals surface area contributed by atoms with Gasteiger partial charge in [0.1, 0.15) is 17.5 Å². The van der Waals surface area contributed by atoms with Gasteiger partial charge in [0.05, 0.1) is 11.4 Å². The first-order valence-corrected chi connectivity index (χ1v) is 10.6. The quantitative estimate of drug-likeness (QED) is 0.446.